The molecule has 0 spiro atoms. The number of anilines is 1. The van der Waals surface area contributed by atoms with Crippen molar-refractivity contribution in [3.05, 3.63) is 51.0 Å². The first-order chi connectivity index (χ1) is 18.3. The number of aromatic nitrogens is 1. The number of nitro benzene ring substituents is 1. The van der Waals surface area contributed by atoms with E-state index in [1.54, 1.807) is 0 Å². The summed E-state index contributed by atoms with van der Waals surface area (Å²) in [5, 5.41) is 17.5. The minimum atomic E-state index is -5.39. The third-order valence-corrected chi connectivity index (χ3v) is 6.45. The second-order valence-electron chi connectivity index (χ2n) is 7.38. The number of non-ortho nitro benzene ring substituents is 1. The SMILES string of the molecule is COC(=O)C1C(NC(=O)C(=NOCC(=O)OCc2ccc([N+](=O)[O-])cc2)c2csc(N)n2)C(=O)N1S(=O)(=O)[O-].[Na+]. The predicted octanol–water partition coefficient (Wildman–Crippen LogP) is -4.57. The Kier molecular flexibility index (Phi) is 11.0. The van der Waals surface area contributed by atoms with Crippen LogP contribution in [0.5, 0.6) is 0 Å². The van der Waals surface area contributed by atoms with Crippen LogP contribution in [0.25, 0.3) is 0 Å². The summed E-state index contributed by atoms with van der Waals surface area (Å²) >= 11 is 0.897. The second kappa shape index (κ2) is 13.6. The largest absolute Gasteiger partial charge is 1.00 e. The zero-order valence-electron chi connectivity index (χ0n) is 20.5. The third-order valence-electron chi connectivity index (χ3n) is 4.89. The van der Waals surface area contributed by atoms with Crippen LogP contribution in [0.2, 0.25) is 0 Å². The topological polar surface area (TPSA) is 263 Å². The van der Waals surface area contributed by atoms with Gasteiger partial charge in [0.2, 0.25) is 6.61 Å². The third kappa shape index (κ3) is 7.70. The Morgan fingerprint density at radius 1 is 1.27 bits per heavy atom. The van der Waals surface area contributed by atoms with Gasteiger partial charge in [0.05, 0.1) is 12.0 Å². The number of oxime groups is 1. The van der Waals surface area contributed by atoms with Gasteiger partial charge >= 0.3 is 41.5 Å². The number of thiazole rings is 1. The van der Waals surface area contributed by atoms with Crippen LogP contribution in [0, 0.1) is 10.1 Å². The van der Waals surface area contributed by atoms with E-state index in [4.69, 9.17) is 15.3 Å². The van der Waals surface area contributed by atoms with Gasteiger partial charge in [-0.3, -0.25) is 19.7 Å². The van der Waals surface area contributed by atoms with Crippen LogP contribution in [0.3, 0.4) is 0 Å². The normalized spacial score (nSPS) is 16.7. The number of carbonyl (C=O) groups excluding carboxylic acids is 4. The molecule has 2 atom stereocenters. The number of amides is 2. The number of ether oxygens (including phenoxy) is 2. The van der Waals surface area contributed by atoms with Gasteiger partial charge in [-0.2, -0.15) is 0 Å². The van der Waals surface area contributed by atoms with Gasteiger partial charge in [-0.15, -0.1) is 11.3 Å². The summed E-state index contributed by atoms with van der Waals surface area (Å²) in [6.45, 7) is -1.06. The van der Waals surface area contributed by atoms with E-state index in [2.05, 4.69) is 20.2 Å². The van der Waals surface area contributed by atoms with Crippen LogP contribution in [-0.4, -0.2) is 82.4 Å². The van der Waals surface area contributed by atoms with Gasteiger partial charge in [-0.1, -0.05) is 5.16 Å². The van der Waals surface area contributed by atoms with Crippen LogP contribution in [0.15, 0.2) is 34.8 Å². The molecule has 2 heterocycles. The van der Waals surface area contributed by atoms with Gasteiger partial charge in [0, 0.05) is 17.5 Å². The van der Waals surface area contributed by atoms with E-state index < -0.39 is 63.4 Å². The van der Waals surface area contributed by atoms with Crippen LogP contribution >= 0.6 is 11.3 Å². The van der Waals surface area contributed by atoms with Crippen molar-refractivity contribution >= 4 is 61.9 Å². The number of esters is 2. The maximum atomic E-state index is 12.9. The van der Waals surface area contributed by atoms with Gasteiger partial charge in [0.1, 0.15) is 18.3 Å². The van der Waals surface area contributed by atoms with Crippen LogP contribution < -0.4 is 40.6 Å². The van der Waals surface area contributed by atoms with Crippen molar-refractivity contribution in [2.24, 2.45) is 5.16 Å². The molecule has 2 unspecified atom stereocenters. The maximum Gasteiger partial charge on any atom is 1.00 e. The average molecular weight is 608 g/mol. The minimum Gasteiger partial charge on any atom is -0.731 e. The quantitative estimate of drug-likeness (QED) is 0.0463. The molecule has 0 saturated carbocycles. The molecule has 3 N–H and O–H groups in total. The number of nitro groups is 1. The first-order valence-corrected chi connectivity index (χ1v) is 12.6. The monoisotopic (exact) mass is 608 g/mol. The Bertz CT molecular complexity index is 1450. The van der Waals surface area contributed by atoms with Crippen molar-refractivity contribution < 1.29 is 80.9 Å². The van der Waals surface area contributed by atoms with Gasteiger partial charge in [0.25, 0.3) is 17.5 Å². The fraction of sp³-hybridized carbons (Fsp3) is 0.263. The van der Waals surface area contributed by atoms with E-state index in [-0.39, 0.29) is 57.0 Å². The average Bonchev–Trinajstić information content (AvgIpc) is 3.31. The number of β-lactam (4-membered cyclic amide) rings is 1. The van der Waals surface area contributed by atoms with Crippen LogP contribution in [0.1, 0.15) is 11.3 Å². The number of benzene rings is 1. The molecular formula is C19H17N6NaO12S2. The molecule has 0 radical (unpaired) electrons. The van der Waals surface area contributed by atoms with Gasteiger partial charge in [-0.25, -0.2) is 27.3 Å². The minimum absolute atomic E-state index is 0. The number of hydrogen-bond donors (Lipinski definition) is 2. The standard InChI is InChI=1S/C19H18N6O12S2.Na/c1-35-18(29)15-14(17(28)24(15)39(32,33)34)22-16(27)13(11-8-38-19(20)21-11)23-37-7-12(26)36-6-9-2-4-10(5-3-9)25(30)31;/h2-5,8,14-15H,6-7H2,1H3,(H2,20,21)(H,22,27)(H,32,33,34);/q;+1/p-1. The molecule has 18 nitrogen and oxygen atoms in total. The molecule has 3 rings (SSSR count). The Balaban J connectivity index is 0.00000560. The molecular weight excluding hydrogens is 591 g/mol. The molecule has 1 aliphatic rings. The summed E-state index contributed by atoms with van der Waals surface area (Å²) in [6, 6.07) is 1.42. The summed E-state index contributed by atoms with van der Waals surface area (Å²) in [5.74, 6) is -4.83. The Labute approximate surface area is 250 Å². The van der Waals surface area contributed by atoms with Crippen LogP contribution in [0.4, 0.5) is 10.8 Å². The molecule has 1 aliphatic heterocycles. The van der Waals surface area contributed by atoms with E-state index in [0.29, 0.717) is 5.56 Å². The molecule has 2 aromatic rings. The maximum absolute atomic E-state index is 12.9. The number of methoxy groups -OCH3 is 1. The molecule has 1 fully saturated rings. The fourth-order valence-corrected chi connectivity index (χ4v) is 4.45. The Hall–Kier alpha value is -3.69. The molecule has 2 amide bonds. The molecule has 1 aromatic heterocycles. The number of hydrogen-bond acceptors (Lipinski definition) is 16. The summed E-state index contributed by atoms with van der Waals surface area (Å²) in [4.78, 5) is 67.8. The second-order valence-corrected chi connectivity index (χ2v) is 9.52. The van der Waals surface area contributed by atoms with Crippen molar-refractivity contribution in [2.75, 3.05) is 19.5 Å². The Morgan fingerprint density at radius 2 is 1.93 bits per heavy atom. The van der Waals surface area contributed by atoms with Crippen LogP contribution in [-0.2, 0) is 50.4 Å². The smallest absolute Gasteiger partial charge is 0.731 e. The van der Waals surface area contributed by atoms with Crippen molar-refractivity contribution in [3.63, 3.8) is 0 Å². The van der Waals surface area contributed by atoms with Gasteiger partial charge < -0.3 is 29.9 Å². The molecule has 208 valence electrons. The van der Waals surface area contributed by atoms with Gasteiger partial charge in [-0.05, 0) is 17.7 Å². The zero-order chi connectivity index (χ0) is 28.9. The number of nitrogens with two attached hydrogens (primary N) is 1. The number of nitrogens with one attached hydrogen (secondary N) is 1. The number of carbonyl (C=O) groups is 4. The number of nitrogen functional groups attached to an aromatic ring is 1. The first kappa shape index (κ1) is 32.5. The number of rotatable bonds is 11. The first-order valence-electron chi connectivity index (χ1n) is 10.3. The van der Waals surface area contributed by atoms with Crippen molar-refractivity contribution in [1.29, 1.82) is 0 Å². The van der Waals surface area contributed by atoms with E-state index in [9.17, 15) is 42.3 Å². The van der Waals surface area contributed by atoms with Gasteiger partial charge in [0.15, 0.2) is 27.2 Å². The molecule has 1 saturated heterocycles. The zero-order valence-corrected chi connectivity index (χ0v) is 24.2. The van der Waals surface area contributed by atoms with E-state index >= 15 is 0 Å². The molecule has 40 heavy (non-hydrogen) atoms. The summed E-state index contributed by atoms with van der Waals surface area (Å²) in [6.07, 6.45) is 0. The number of nitrogens with zero attached hydrogens (tertiary/aromatic N) is 4. The molecule has 0 aliphatic carbocycles. The van der Waals surface area contributed by atoms with E-state index in [1.807, 2.05) is 0 Å². The molecule has 21 heteroatoms. The summed E-state index contributed by atoms with van der Waals surface area (Å²) in [7, 11) is -4.52. The molecule has 1 aromatic carbocycles. The van der Waals surface area contributed by atoms with Crippen molar-refractivity contribution in [2.45, 2.75) is 18.7 Å². The van der Waals surface area contributed by atoms with Crippen molar-refractivity contribution in [3.8, 4) is 0 Å². The Morgan fingerprint density at radius 3 is 2.45 bits per heavy atom. The van der Waals surface area contributed by atoms with E-state index in [0.717, 1.165) is 18.4 Å². The predicted molar refractivity (Wildman–Crippen MR) is 126 cm³/mol. The molecule has 0 bridgehead atoms. The summed E-state index contributed by atoms with van der Waals surface area (Å²) < 4.78 is 43.1. The summed E-state index contributed by atoms with van der Waals surface area (Å²) in [5.41, 5.74) is 5.07. The van der Waals surface area contributed by atoms with E-state index in [1.165, 1.54) is 29.6 Å². The van der Waals surface area contributed by atoms with Crippen molar-refractivity contribution in [1.82, 2.24) is 14.6 Å². The fourth-order valence-electron chi connectivity index (χ4n) is 3.08.